The monoisotopic (exact) mass is 176 g/mol. The molecule has 0 aliphatic carbocycles. The van der Waals surface area contributed by atoms with Crippen molar-refractivity contribution in [2.45, 2.75) is 6.92 Å². The van der Waals surface area contributed by atoms with Gasteiger partial charge < -0.3 is 5.11 Å². The molecule has 13 heavy (non-hydrogen) atoms. The Hall–Kier alpha value is -1.64. The molecule has 0 unspecified atom stereocenters. The Bertz CT molecular complexity index is 343. The van der Waals surface area contributed by atoms with Gasteiger partial charge in [0.05, 0.1) is 5.70 Å². The highest BCUT2D eigenvalue weighted by Gasteiger charge is 2.03. The van der Waals surface area contributed by atoms with Crippen molar-refractivity contribution >= 4 is 5.70 Å². The number of azo groups is 1. The first kappa shape index (κ1) is 9.45. The van der Waals surface area contributed by atoms with E-state index >= 15 is 0 Å². The van der Waals surface area contributed by atoms with Crippen LogP contribution < -0.4 is 0 Å². The molecule has 0 radical (unpaired) electrons. The summed E-state index contributed by atoms with van der Waals surface area (Å²) in [6, 6.07) is 7.06. The first-order chi connectivity index (χ1) is 6.29. The molecular weight excluding hydrogens is 164 g/mol. The minimum Gasteiger partial charge on any atom is -0.507 e. The van der Waals surface area contributed by atoms with Crippen LogP contribution in [0.2, 0.25) is 0 Å². The summed E-state index contributed by atoms with van der Waals surface area (Å²) in [4.78, 5) is 0. The van der Waals surface area contributed by atoms with Gasteiger partial charge in [-0.25, -0.2) is 0 Å². The van der Waals surface area contributed by atoms with E-state index in [-0.39, 0.29) is 5.75 Å². The molecule has 1 rings (SSSR count). The average Bonchev–Trinajstić information content (AvgIpc) is 2.16. The first-order valence-electron chi connectivity index (χ1n) is 4.04. The average molecular weight is 176 g/mol. The molecule has 0 aromatic heterocycles. The van der Waals surface area contributed by atoms with E-state index in [1.807, 2.05) is 19.1 Å². The summed E-state index contributed by atoms with van der Waals surface area (Å²) in [7, 11) is 1.60. The molecule has 0 heterocycles. The van der Waals surface area contributed by atoms with Crippen molar-refractivity contribution < 1.29 is 5.11 Å². The standard InChI is InChI=1S/C10H12N2O/c1-3-9(12-11-2)8-6-4-5-7-10(8)13/h3-7,13H,1-2H3/b9-3-,12-11-. The summed E-state index contributed by atoms with van der Waals surface area (Å²) in [5.74, 6) is 0.225. The normalized spacial score (nSPS) is 12.3. The van der Waals surface area contributed by atoms with Crippen molar-refractivity contribution in [3.8, 4) is 5.75 Å². The molecule has 3 heteroatoms. The van der Waals surface area contributed by atoms with Gasteiger partial charge in [0.15, 0.2) is 0 Å². The highest BCUT2D eigenvalue weighted by molar-refractivity contribution is 5.68. The largest absolute Gasteiger partial charge is 0.507 e. The Labute approximate surface area is 77.4 Å². The Morgan fingerprint density at radius 2 is 2.08 bits per heavy atom. The molecule has 1 aromatic carbocycles. The molecule has 0 saturated heterocycles. The molecule has 0 saturated carbocycles. The lowest BCUT2D eigenvalue weighted by atomic mass is 10.1. The van der Waals surface area contributed by atoms with Crippen LogP contribution in [-0.2, 0) is 0 Å². The number of allylic oxidation sites excluding steroid dienone is 1. The van der Waals surface area contributed by atoms with Crippen LogP contribution in [0.15, 0.2) is 40.6 Å². The van der Waals surface area contributed by atoms with Crippen LogP contribution in [0.25, 0.3) is 5.70 Å². The van der Waals surface area contributed by atoms with Crippen LogP contribution in [0.3, 0.4) is 0 Å². The molecule has 0 amide bonds. The summed E-state index contributed by atoms with van der Waals surface area (Å²) in [6.07, 6.45) is 1.81. The van der Waals surface area contributed by atoms with Crippen molar-refractivity contribution in [2.24, 2.45) is 10.2 Å². The van der Waals surface area contributed by atoms with E-state index in [4.69, 9.17) is 0 Å². The minimum absolute atomic E-state index is 0.225. The highest BCUT2D eigenvalue weighted by atomic mass is 16.3. The van der Waals surface area contributed by atoms with E-state index in [2.05, 4.69) is 10.2 Å². The van der Waals surface area contributed by atoms with Gasteiger partial charge in [-0.05, 0) is 19.1 Å². The molecule has 0 aliphatic heterocycles. The SMILES string of the molecule is C/C=C(\N=N/C)c1ccccc1O. The number of aromatic hydroxyl groups is 1. The number of nitrogens with zero attached hydrogens (tertiary/aromatic N) is 2. The Morgan fingerprint density at radius 3 is 2.62 bits per heavy atom. The van der Waals surface area contributed by atoms with E-state index in [1.54, 1.807) is 25.2 Å². The quantitative estimate of drug-likeness (QED) is 0.692. The fourth-order valence-electron chi connectivity index (χ4n) is 1.07. The third kappa shape index (κ3) is 2.15. The molecule has 0 bridgehead atoms. The van der Waals surface area contributed by atoms with Gasteiger partial charge in [-0.1, -0.05) is 18.2 Å². The maximum Gasteiger partial charge on any atom is 0.125 e. The summed E-state index contributed by atoms with van der Waals surface area (Å²) in [5.41, 5.74) is 1.39. The number of benzene rings is 1. The highest BCUT2D eigenvalue weighted by Crippen LogP contribution is 2.25. The molecular formula is C10H12N2O. The lowest BCUT2D eigenvalue weighted by Crippen LogP contribution is -1.80. The second-order valence-electron chi connectivity index (χ2n) is 2.49. The Balaban J connectivity index is 3.13. The number of phenols is 1. The van der Waals surface area contributed by atoms with Crippen LogP contribution in [0.1, 0.15) is 12.5 Å². The smallest absolute Gasteiger partial charge is 0.125 e. The second-order valence-corrected chi connectivity index (χ2v) is 2.49. The van der Waals surface area contributed by atoms with Crippen molar-refractivity contribution in [1.82, 2.24) is 0 Å². The number of para-hydroxylation sites is 1. The van der Waals surface area contributed by atoms with Gasteiger partial charge in [0.2, 0.25) is 0 Å². The maximum absolute atomic E-state index is 9.50. The maximum atomic E-state index is 9.50. The van der Waals surface area contributed by atoms with Gasteiger partial charge in [-0.2, -0.15) is 10.2 Å². The number of hydrogen-bond donors (Lipinski definition) is 1. The van der Waals surface area contributed by atoms with E-state index < -0.39 is 0 Å². The van der Waals surface area contributed by atoms with Gasteiger partial charge in [-0.3, -0.25) is 0 Å². The number of phenolic OH excluding ortho intramolecular Hbond substituents is 1. The summed E-state index contributed by atoms with van der Waals surface area (Å²) in [6.45, 7) is 1.86. The molecule has 1 N–H and O–H groups in total. The molecule has 0 aliphatic rings. The predicted octanol–water partition coefficient (Wildman–Crippen LogP) is 2.84. The van der Waals surface area contributed by atoms with E-state index in [0.717, 1.165) is 0 Å². The second kappa shape index (κ2) is 4.40. The molecule has 3 nitrogen and oxygen atoms in total. The van der Waals surface area contributed by atoms with E-state index in [1.165, 1.54) is 0 Å². The third-order valence-electron chi connectivity index (χ3n) is 1.66. The first-order valence-corrected chi connectivity index (χ1v) is 4.04. The van der Waals surface area contributed by atoms with Crippen LogP contribution in [-0.4, -0.2) is 12.2 Å². The molecule has 0 spiro atoms. The van der Waals surface area contributed by atoms with Gasteiger partial charge in [-0.15, -0.1) is 0 Å². The van der Waals surface area contributed by atoms with Crippen LogP contribution in [0.4, 0.5) is 0 Å². The summed E-state index contributed by atoms with van der Waals surface area (Å²) < 4.78 is 0. The third-order valence-corrected chi connectivity index (χ3v) is 1.66. The topological polar surface area (TPSA) is 45.0 Å². The predicted molar refractivity (Wildman–Crippen MR) is 52.5 cm³/mol. The van der Waals surface area contributed by atoms with E-state index in [0.29, 0.717) is 11.3 Å². The molecule has 1 aromatic rings. The van der Waals surface area contributed by atoms with E-state index in [9.17, 15) is 5.11 Å². The Morgan fingerprint density at radius 1 is 1.38 bits per heavy atom. The van der Waals surface area contributed by atoms with Crippen molar-refractivity contribution in [2.75, 3.05) is 7.05 Å². The van der Waals surface area contributed by atoms with Crippen LogP contribution >= 0.6 is 0 Å². The summed E-state index contributed by atoms with van der Waals surface area (Å²) in [5, 5.41) is 17.1. The number of rotatable bonds is 2. The molecule has 0 atom stereocenters. The fourth-order valence-corrected chi connectivity index (χ4v) is 1.07. The van der Waals surface area contributed by atoms with Gasteiger partial charge in [0, 0.05) is 12.6 Å². The molecule has 0 fully saturated rings. The lowest BCUT2D eigenvalue weighted by molar-refractivity contribution is 0.473. The Kier molecular flexibility index (Phi) is 3.20. The van der Waals surface area contributed by atoms with Gasteiger partial charge in [0.1, 0.15) is 5.75 Å². The van der Waals surface area contributed by atoms with Crippen LogP contribution in [0, 0.1) is 0 Å². The lowest BCUT2D eigenvalue weighted by Gasteiger charge is -2.01. The fraction of sp³-hybridized carbons (Fsp3) is 0.200. The van der Waals surface area contributed by atoms with Crippen molar-refractivity contribution in [3.05, 3.63) is 35.9 Å². The van der Waals surface area contributed by atoms with Crippen LogP contribution in [0.5, 0.6) is 5.75 Å². The minimum atomic E-state index is 0.225. The number of hydrogen-bond acceptors (Lipinski definition) is 3. The summed E-state index contributed by atoms with van der Waals surface area (Å²) >= 11 is 0. The molecule has 68 valence electrons. The van der Waals surface area contributed by atoms with Crippen molar-refractivity contribution in [1.29, 1.82) is 0 Å². The van der Waals surface area contributed by atoms with Gasteiger partial charge in [0.25, 0.3) is 0 Å². The van der Waals surface area contributed by atoms with Gasteiger partial charge >= 0.3 is 0 Å². The van der Waals surface area contributed by atoms with Crippen molar-refractivity contribution in [3.63, 3.8) is 0 Å². The zero-order chi connectivity index (χ0) is 9.68. The zero-order valence-electron chi connectivity index (χ0n) is 7.73. The zero-order valence-corrected chi connectivity index (χ0v) is 7.73.